The molecule has 20 heavy (non-hydrogen) atoms. The van der Waals surface area contributed by atoms with Crippen LogP contribution in [0.4, 0.5) is 10.3 Å². The second-order valence-electron chi connectivity index (χ2n) is 5.30. The highest BCUT2D eigenvalue weighted by Crippen LogP contribution is 2.26. The maximum Gasteiger partial charge on any atom is 0.208 e. The van der Waals surface area contributed by atoms with E-state index in [1.54, 1.807) is 16.7 Å². The number of nitrogens with one attached hydrogen (secondary N) is 1. The minimum absolute atomic E-state index is 0.343. The molecule has 1 fully saturated rings. The molecule has 0 saturated heterocycles. The van der Waals surface area contributed by atoms with Gasteiger partial charge in [-0.25, -0.2) is 9.37 Å². The molecular weight excluding hydrogens is 277 g/mol. The van der Waals surface area contributed by atoms with Crippen molar-refractivity contribution in [2.75, 3.05) is 5.32 Å². The summed E-state index contributed by atoms with van der Waals surface area (Å²) in [5, 5.41) is 3.82. The Hall–Kier alpha value is -1.55. The van der Waals surface area contributed by atoms with Crippen LogP contribution in [-0.4, -0.2) is 15.6 Å². The second kappa shape index (κ2) is 5.44. The van der Waals surface area contributed by atoms with Crippen molar-refractivity contribution in [1.82, 2.24) is 9.55 Å². The highest BCUT2D eigenvalue weighted by molar-refractivity contribution is 6.30. The monoisotopic (exact) mass is 293 g/mol. The summed E-state index contributed by atoms with van der Waals surface area (Å²) in [5.41, 5.74) is 1.33. The van der Waals surface area contributed by atoms with Crippen molar-refractivity contribution in [3.8, 4) is 5.69 Å². The minimum Gasteiger partial charge on any atom is -0.353 e. The zero-order valence-corrected chi connectivity index (χ0v) is 12.1. The van der Waals surface area contributed by atoms with Gasteiger partial charge in [0.2, 0.25) is 5.95 Å². The van der Waals surface area contributed by atoms with Gasteiger partial charge in [0.1, 0.15) is 5.82 Å². The van der Waals surface area contributed by atoms with Crippen LogP contribution >= 0.6 is 11.6 Å². The number of nitrogens with zero attached hydrogens (tertiary/aromatic N) is 2. The number of imidazole rings is 1. The topological polar surface area (TPSA) is 29.9 Å². The van der Waals surface area contributed by atoms with Crippen molar-refractivity contribution < 1.29 is 4.39 Å². The Morgan fingerprint density at radius 3 is 2.80 bits per heavy atom. The molecule has 0 atom stereocenters. The van der Waals surface area contributed by atoms with Gasteiger partial charge >= 0.3 is 0 Å². The summed E-state index contributed by atoms with van der Waals surface area (Å²) in [7, 11) is 0. The number of hydrogen-bond donors (Lipinski definition) is 1. The van der Waals surface area contributed by atoms with Crippen LogP contribution in [0.25, 0.3) is 5.69 Å². The first kappa shape index (κ1) is 13.4. The van der Waals surface area contributed by atoms with Gasteiger partial charge in [-0.05, 0) is 38.0 Å². The SMILES string of the molecule is Cc1cn(-c2ccc(Cl)cc2F)c(NC2CCCC2)n1. The van der Waals surface area contributed by atoms with Crippen LogP contribution in [0.15, 0.2) is 24.4 Å². The van der Waals surface area contributed by atoms with Gasteiger partial charge in [0.05, 0.1) is 11.4 Å². The number of rotatable bonds is 3. The third-order valence-electron chi connectivity index (χ3n) is 3.68. The molecule has 106 valence electrons. The number of halogens is 2. The van der Waals surface area contributed by atoms with Gasteiger partial charge in [-0.1, -0.05) is 24.4 Å². The van der Waals surface area contributed by atoms with Gasteiger partial charge in [-0.3, -0.25) is 4.57 Å². The van der Waals surface area contributed by atoms with Gasteiger partial charge in [0, 0.05) is 17.3 Å². The number of aromatic nitrogens is 2. The lowest BCUT2D eigenvalue weighted by Gasteiger charge is -2.15. The molecule has 2 aromatic rings. The van der Waals surface area contributed by atoms with E-state index in [1.165, 1.54) is 18.9 Å². The molecule has 3 nitrogen and oxygen atoms in total. The van der Waals surface area contributed by atoms with Crippen LogP contribution in [0, 0.1) is 12.7 Å². The van der Waals surface area contributed by atoms with Crippen LogP contribution in [0.1, 0.15) is 31.4 Å². The fraction of sp³-hybridized carbons (Fsp3) is 0.400. The fourth-order valence-electron chi connectivity index (χ4n) is 2.71. The van der Waals surface area contributed by atoms with E-state index in [1.807, 2.05) is 13.1 Å². The summed E-state index contributed by atoms with van der Waals surface area (Å²) in [4.78, 5) is 4.47. The first-order valence-corrected chi connectivity index (χ1v) is 7.29. The summed E-state index contributed by atoms with van der Waals surface area (Å²) in [6.07, 6.45) is 6.62. The molecule has 0 amide bonds. The van der Waals surface area contributed by atoms with Crippen molar-refractivity contribution in [2.45, 2.75) is 38.6 Å². The Kier molecular flexibility index (Phi) is 3.66. The van der Waals surface area contributed by atoms with Crippen molar-refractivity contribution in [3.05, 3.63) is 40.9 Å². The maximum absolute atomic E-state index is 14.1. The molecule has 0 aliphatic heterocycles. The summed E-state index contributed by atoms with van der Waals surface area (Å²) in [6.45, 7) is 1.91. The Balaban J connectivity index is 1.95. The van der Waals surface area contributed by atoms with Gasteiger partial charge in [0.15, 0.2) is 0 Å². The summed E-state index contributed by atoms with van der Waals surface area (Å²) >= 11 is 5.81. The lowest BCUT2D eigenvalue weighted by atomic mass is 10.2. The van der Waals surface area contributed by atoms with Gasteiger partial charge < -0.3 is 5.32 Å². The standard InChI is InChI=1S/C15H17ClFN3/c1-10-9-20(14-7-6-11(16)8-13(14)17)15(18-10)19-12-4-2-3-5-12/h6-9,12H,2-5H2,1H3,(H,18,19). The van der Waals surface area contributed by atoms with Gasteiger partial charge in [0.25, 0.3) is 0 Å². The van der Waals surface area contributed by atoms with Crippen molar-refractivity contribution in [3.63, 3.8) is 0 Å². The van der Waals surface area contributed by atoms with Crippen LogP contribution in [0.3, 0.4) is 0 Å². The number of anilines is 1. The van der Waals surface area contributed by atoms with Crippen LogP contribution in [-0.2, 0) is 0 Å². The highest BCUT2D eigenvalue weighted by atomic mass is 35.5. The molecule has 1 aliphatic rings. The lowest BCUT2D eigenvalue weighted by molar-refractivity contribution is 0.617. The Morgan fingerprint density at radius 1 is 1.35 bits per heavy atom. The molecule has 1 aromatic heterocycles. The molecule has 1 N–H and O–H groups in total. The van der Waals surface area contributed by atoms with Crippen molar-refractivity contribution in [1.29, 1.82) is 0 Å². The Labute approximate surface area is 122 Å². The fourth-order valence-corrected chi connectivity index (χ4v) is 2.87. The van der Waals surface area contributed by atoms with Crippen molar-refractivity contribution >= 4 is 17.5 Å². The normalized spacial score (nSPS) is 15.8. The maximum atomic E-state index is 14.1. The van der Waals surface area contributed by atoms with Gasteiger partial charge in [-0.2, -0.15) is 0 Å². The van der Waals surface area contributed by atoms with Crippen LogP contribution in [0.2, 0.25) is 5.02 Å². The van der Waals surface area contributed by atoms with Crippen molar-refractivity contribution in [2.24, 2.45) is 0 Å². The first-order chi connectivity index (χ1) is 9.63. The quantitative estimate of drug-likeness (QED) is 0.913. The summed E-state index contributed by atoms with van der Waals surface area (Å²) < 4.78 is 15.8. The Bertz CT molecular complexity index is 618. The van der Waals surface area contributed by atoms with Gasteiger partial charge in [-0.15, -0.1) is 0 Å². The average Bonchev–Trinajstić information content (AvgIpc) is 3.00. The summed E-state index contributed by atoms with van der Waals surface area (Å²) in [5.74, 6) is 0.361. The number of aryl methyl sites for hydroxylation is 1. The number of benzene rings is 1. The Morgan fingerprint density at radius 2 is 2.10 bits per heavy atom. The van der Waals surface area contributed by atoms with E-state index in [4.69, 9.17) is 11.6 Å². The zero-order valence-electron chi connectivity index (χ0n) is 11.4. The van der Waals surface area contributed by atoms with E-state index in [9.17, 15) is 4.39 Å². The van der Waals surface area contributed by atoms with Crippen LogP contribution in [0.5, 0.6) is 0 Å². The lowest BCUT2D eigenvalue weighted by Crippen LogP contribution is -2.18. The van der Waals surface area contributed by atoms with E-state index in [0.717, 1.165) is 18.5 Å². The number of hydrogen-bond acceptors (Lipinski definition) is 2. The first-order valence-electron chi connectivity index (χ1n) is 6.91. The molecule has 0 spiro atoms. The average molecular weight is 294 g/mol. The largest absolute Gasteiger partial charge is 0.353 e. The molecule has 3 rings (SSSR count). The minimum atomic E-state index is -0.343. The molecule has 5 heteroatoms. The molecule has 0 bridgehead atoms. The van der Waals surface area contributed by atoms with Crippen LogP contribution < -0.4 is 5.32 Å². The zero-order chi connectivity index (χ0) is 14.1. The van der Waals surface area contributed by atoms with E-state index in [-0.39, 0.29) is 5.82 Å². The third kappa shape index (κ3) is 2.66. The van der Waals surface area contributed by atoms with E-state index >= 15 is 0 Å². The molecule has 0 radical (unpaired) electrons. The molecule has 1 saturated carbocycles. The smallest absolute Gasteiger partial charge is 0.208 e. The predicted molar refractivity (Wildman–Crippen MR) is 79.1 cm³/mol. The highest BCUT2D eigenvalue weighted by Gasteiger charge is 2.18. The van der Waals surface area contributed by atoms with E-state index < -0.39 is 0 Å². The molecular formula is C15H17ClFN3. The molecule has 0 unspecified atom stereocenters. The van der Waals surface area contributed by atoms with E-state index in [2.05, 4.69) is 10.3 Å². The molecule has 1 aromatic carbocycles. The van der Waals surface area contributed by atoms with E-state index in [0.29, 0.717) is 22.7 Å². The second-order valence-corrected chi connectivity index (χ2v) is 5.73. The summed E-state index contributed by atoms with van der Waals surface area (Å²) in [6, 6.07) is 5.13. The molecule has 1 heterocycles. The third-order valence-corrected chi connectivity index (χ3v) is 3.92. The predicted octanol–water partition coefficient (Wildman–Crippen LogP) is 4.33. The molecule has 1 aliphatic carbocycles.